The van der Waals surface area contributed by atoms with Crippen molar-refractivity contribution in [2.45, 2.75) is 36.3 Å². The van der Waals surface area contributed by atoms with E-state index in [1.54, 1.807) is 0 Å². The standard InChI is InChI=1S/C20H29N3O3S/c1-21-19(22-12-16-3-2-10-27-16)23-13-20(6-8-24-9-7-20)15-4-5-17-18(11-15)26-14-25-17/h4-5,11,16H,2-3,6-10,12-14H2,1H3,(H2,21,22,23). The van der Waals surface area contributed by atoms with E-state index < -0.39 is 0 Å². The molecule has 148 valence electrons. The van der Waals surface area contributed by atoms with E-state index >= 15 is 0 Å². The quantitative estimate of drug-likeness (QED) is 0.594. The predicted molar refractivity (Wildman–Crippen MR) is 109 cm³/mol. The van der Waals surface area contributed by atoms with E-state index in [1.165, 1.54) is 24.2 Å². The van der Waals surface area contributed by atoms with Crippen LogP contribution in [0, 0.1) is 0 Å². The topological polar surface area (TPSA) is 64.1 Å². The van der Waals surface area contributed by atoms with Gasteiger partial charge in [0.1, 0.15) is 0 Å². The maximum atomic E-state index is 5.65. The third kappa shape index (κ3) is 4.29. The molecule has 1 aromatic rings. The van der Waals surface area contributed by atoms with Gasteiger partial charge < -0.3 is 24.8 Å². The Hall–Kier alpha value is -1.60. The van der Waals surface area contributed by atoms with Gasteiger partial charge in [0, 0.05) is 44.0 Å². The number of ether oxygens (including phenoxy) is 3. The summed E-state index contributed by atoms with van der Waals surface area (Å²) in [6.45, 7) is 3.67. The van der Waals surface area contributed by atoms with Crippen LogP contribution in [0.3, 0.4) is 0 Å². The minimum Gasteiger partial charge on any atom is -0.454 e. The number of nitrogens with zero attached hydrogens (tertiary/aromatic N) is 1. The molecular formula is C20H29N3O3S. The van der Waals surface area contributed by atoms with E-state index in [-0.39, 0.29) is 5.41 Å². The summed E-state index contributed by atoms with van der Waals surface area (Å²) in [5.74, 6) is 3.85. The molecule has 6 nitrogen and oxygen atoms in total. The summed E-state index contributed by atoms with van der Waals surface area (Å²) >= 11 is 2.06. The van der Waals surface area contributed by atoms with Crippen LogP contribution in [0.15, 0.2) is 23.2 Å². The molecule has 2 saturated heterocycles. The lowest BCUT2D eigenvalue weighted by Gasteiger charge is -2.38. The first kappa shape index (κ1) is 18.7. The molecule has 3 heterocycles. The van der Waals surface area contributed by atoms with Gasteiger partial charge in [-0.15, -0.1) is 0 Å². The smallest absolute Gasteiger partial charge is 0.231 e. The van der Waals surface area contributed by atoms with Gasteiger partial charge in [-0.1, -0.05) is 6.07 Å². The van der Waals surface area contributed by atoms with Gasteiger partial charge in [-0.25, -0.2) is 0 Å². The van der Waals surface area contributed by atoms with Crippen LogP contribution >= 0.6 is 11.8 Å². The van der Waals surface area contributed by atoms with Crippen molar-refractivity contribution in [1.29, 1.82) is 0 Å². The van der Waals surface area contributed by atoms with Crippen LogP contribution in [0.2, 0.25) is 0 Å². The zero-order chi connectivity index (χ0) is 18.5. The molecule has 2 N–H and O–H groups in total. The van der Waals surface area contributed by atoms with Gasteiger partial charge in [0.25, 0.3) is 0 Å². The number of hydrogen-bond donors (Lipinski definition) is 2. The first-order valence-electron chi connectivity index (χ1n) is 9.83. The molecular weight excluding hydrogens is 362 g/mol. The van der Waals surface area contributed by atoms with Crippen LogP contribution in [-0.4, -0.2) is 57.1 Å². The molecule has 2 fully saturated rings. The Kier molecular flexibility index (Phi) is 5.98. The minimum atomic E-state index is 0.0129. The van der Waals surface area contributed by atoms with Gasteiger partial charge in [0.15, 0.2) is 17.5 Å². The average Bonchev–Trinajstić information content (AvgIpc) is 3.40. The van der Waals surface area contributed by atoms with Gasteiger partial charge >= 0.3 is 0 Å². The Morgan fingerprint density at radius 3 is 2.85 bits per heavy atom. The Morgan fingerprint density at radius 1 is 1.22 bits per heavy atom. The van der Waals surface area contributed by atoms with Crippen molar-refractivity contribution in [1.82, 2.24) is 10.6 Å². The maximum Gasteiger partial charge on any atom is 0.231 e. The first-order chi connectivity index (χ1) is 13.3. The molecule has 0 aromatic heterocycles. The third-order valence-electron chi connectivity index (χ3n) is 5.77. The normalized spacial score (nSPS) is 24.0. The summed E-state index contributed by atoms with van der Waals surface area (Å²) in [5, 5.41) is 7.78. The van der Waals surface area contributed by atoms with Crippen molar-refractivity contribution < 1.29 is 14.2 Å². The van der Waals surface area contributed by atoms with E-state index in [4.69, 9.17) is 14.2 Å². The number of hydrogen-bond acceptors (Lipinski definition) is 5. The van der Waals surface area contributed by atoms with Crippen LogP contribution in [-0.2, 0) is 10.2 Å². The van der Waals surface area contributed by atoms with E-state index in [0.717, 1.165) is 56.6 Å². The lowest BCUT2D eigenvalue weighted by atomic mass is 9.74. The highest BCUT2D eigenvalue weighted by atomic mass is 32.2. The molecule has 3 aliphatic heterocycles. The van der Waals surface area contributed by atoms with E-state index in [9.17, 15) is 0 Å². The lowest BCUT2D eigenvalue weighted by Crippen LogP contribution is -2.48. The highest BCUT2D eigenvalue weighted by molar-refractivity contribution is 8.00. The maximum absolute atomic E-state index is 5.65. The summed E-state index contributed by atoms with van der Waals surface area (Å²) in [4.78, 5) is 4.43. The lowest BCUT2D eigenvalue weighted by molar-refractivity contribution is 0.0513. The van der Waals surface area contributed by atoms with Crippen LogP contribution in [0.25, 0.3) is 0 Å². The Morgan fingerprint density at radius 2 is 2.07 bits per heavy atom. The largest absolute Gasteiger partial charge is 0.454 e. The Balaban J connectivity index is 1.43. The summed E-state index contributed by atoms with van der Waals surface area (Å²) < 4.78 is 16.7. The van der Waals surface area contributed by atoms with Gasteiger partial charge in [0.2, 0.25) is 6.79 Å². The first-order valence-corrected chi connectivity index (χ1v) is 10.9. The molecule has 0 amide bonds. The fourth-order valence-corrected chi connectivity index (χ4v) is 5.25. The highest BCUT2D eigenvalue weighted by Crippen LogP contribution is 2.40. The van der Waals surface area contributed by atoms with Crippen molar-refractivity contribution in [3.8, 4) is 11.5 Å². The summed E-state index contributed by atoms with van der Waals surface area (Å²) in [7, 11) is 1.84. The molecule has 1 unspecified atom stereocenters. The number of aliphatic imine (C=N–C) groups is 1. The van der Waals surface area contributed by atoms with Gasteiger partial charge in [0.05, 0.1) is 0 Å². The molecule has 27 heavy (non-hydrogen) atoms. The van der Waals surface area contributed by atoms with Crippen LogP contribution in [0.4, 0.5) is 0 Å². The van der Waals surface area contributed by atoms with Crippen LogP contribution < -0.4 is 20.1 Å². The van der Waals surface area contributed by atoms with Crippen LogP contribution in [0.1, 0.15) is 31.2 Å². The molecule has 0 bridgehead atoms. The second-order valence-electron chi connectivity index (χ2n) is 7.40. The molecule has 0 spiro atoms. The number of nitrogens with one attached hydrogen (secondary N) is 2. The predicted octanol–water partition coefficient (Wildman–Crippen LogP) is 2.52. The Labute approximate surface area is 165 Å². The molecule has 7 heteroatoms. The number of guanidine groups is 1. The zero-order valence-electron chi connectivity index (χ0n) is 16.0. The zero-order valence-corrected chi connectivity index (χ0v) is 16.8. The number of rotatable bonds is 5. The molecule has 3 aliphatic rings. The minimum absolute atomic E-state index is 0.0129. The number of thioether (sulfide) groups is 1. The summed E-state index contributed by atoms with van der Waals surface area (Å²) in [5.41, 5.74) is 1.29. The summed E-state index contributed by atoms with van der Waals surface area (Å²) in [6.07, 6.45) is 4.59. The fourth-order valence-electron chi connectivity index (χ4n) is 4.05. The molecule has 0 radical (unpaired) electrons. The van der Waals surface area contributed by atoms with Gasteiger partial charge in [-0.3, -0.25) is 4.99 Å². The SMILES string of the molecule is CN=C(NCC1CCCS1)NCC1(c2ccc3c(c2)OCO3)CCOCC1. The van der Waals surface area contributed by atoms with Crippen molar-refractivity contribution in [3.63, 3.8) is 0 Å². The molecule has 0 aliphatic carbocycles. The summed E-state index contributed by atoms with van der Waals surface area (Å²) in [6, 6.07) is 6.34. The fraction of sp³-hybridized carbons (Fsp3) is 0.650. The molecule has 4 rings (SSSR count). The van der Waals surface area contributed by atoms with Crippen molar-refractivity contribution in [2.75, 3.05) is 45.9 Å². The van der Waals surface area contributed by atoms with E-state index in [1.807, 2.05) is 13.1 Å². The van der Waals surface area contributed by atoms with Crippen LogP contribution in [0.5, 0.6) is 11.5 Å². The molecule has 0 saturated carbocycles. The average molecular weight is 392 g/mol. The van der Waals surface area contributed by atoms with Crippen molar-refractivity contribution >= 4 is 17.7 Å². The highest BCUT2D eigenvalue weighted by Gasteiger charge is 2.36. The second-order valence-corrected chi connectivity index (χ2v) is 8.81. The number of fused-ring (bicyclic) bond motifs is 1. The Bertz CT molecular complexity index is 670. The third-order valence-corrected chi connectivity index (χ3v) is 7.17. The van der Waals surface area contributed by atoms with Gasteiger partial charge in [-0.05, 0) is 49.1 Å². The molecule has 1 aromatic carbocycles. The van der Waals surface area contributed by atoms with Crippen molar-refractivity contribution in [3.05, 3.63) is 23.8 Å². The van der Waals surface area contributed by atoms with E-state index in [2.05, 4.69) is 39.5 Å². The van der Waals surface area contributed by atoms with E-state index in [0.29, 0.717) is 12.0 Å². The van der Waals surface area contributed by atoms with Crippen molar-refractivity contribution in [2.24, 2.45) is 4.99 Å². The number of benzene rings is 1. The molecule has 1 atom stereocenters. The van der Waals surface area contributed by atoms with Gasteiger partial charge in [-0.2, -0.15) is 11.8 Å². The monoisotopic (exact) mass is 391 g/mol. The second kappa shape index (κ2) is 8.61.